The molecule has 1 fully saturated rings. The second-order valence-corrected chi connectivity index (χ2v) is 4.38. The van der Waals surface area contributed by atoms with E-state index in [-0.39, 0.29) is 6.29 Å². The number of aryl methyl sites for hydroxylation is 2. The molecule has 0 bridgehead atoms. The Labute approximate surface area is 111 Å². The zero-order valence-electron chi connectivity index (χ0n) is 12.0. The van der Waals surface area contributed by atoms with Crippen molar-refractivity contribution in [3.63, 3.8) is 0 Å². The minimum atomic E-state index is -0.0311. The zero-order valence-corrected chi connectivity index (χ0v) is 12.0. The summed E-state index contributed by atoms with van der Waals surface area (Å²) in [6, 6.07) is 4.14. The van der Waals surface area contributed by atoms with Gasteiger partial charge in [-0.15, -0.1) is 0 Å². The molecule has 18 heavy (non-hydrogen) atoms. The summed E-state index contributed by atoms with van der Waals surface area (Å²) in [4.78, 5) is 4.44. The van der Waals surface area contributed by atoms with Gasteiger partial charge in [0.25, 0.3) is 0 Å². The third-order valence-corrected chi connectivity index (χ3v) is 2.71. The summed E-state index contributed by atoms with van der Waals surface area (Å²) >= 11 is 0. The van der Waals surface area contributed by atoms with Crippen LogP contribution in [0.25, 0.3) is 0 Å². The molecule has 1 aliphatic rings. The maximum Gasteiger partial charge on any atom is 0.158 e. The van der Waals surface area contributed by atoms with E-state index in [2.05, 4.69) is 24.0 Å². The van der Waals surface area contributed by atoms with Crippen molar-refractivity contribution < 1.29 is 9.47 Å². The van der Waals surface area contributed by atoms with Gasteiger partial charge in [0.1, 0.15) is 0 Å². The quantitative estimate of drug-likeness (QED) is 0.819. The summed E-state index contributed by atoms with van der Waals surface area (Å²) in [6.45, 7) is 9.46. The first-order valence-corrected chi connectivity index (χ1v) is 6.91. The fraction of sp³-hybridized carbons (Fsp3) is 0.667. The van der Waals surface area contributed by atoms with E-state index < -0.39 is 0 Å². The molecule has 0 aromatic carbocycles. The summed E-state index contributed by atoms with van der Waals surface area (Å²) in [7, 11) is 0. The first-order chi connectivity index (χ1) is 8.74. The third-order valence-electron chi connectivity index (χ3n) is 2.71. The van der Waals surface area contributed by atoms with E-state index in [1.54, 1.807) is 0 Å². The van der Waals surface area contributed by atoms with Crippen LogP contribution in [0.15, 0.2) is 12.1 Å². The van der Waals surface area contributed by atoms with Crippen LogP contribution in [-0.4, -0.2) is 17.9 Å². The number of hydrogen-bond donors (Lipinski definition) is 0. The summed E-state index contributed by atoms with van der Waals surface area (Å²) in [5, 5.41) is 0. The number of nitrogens with zero attached hydrogens (tertiary/aromatic N) is 1. The molecule has 2 heterocycles. The summed E-state index contributed by atoms with van der Waals surface area (Å²) in [5.74, 6) is 0. The molecule has 1 aromatic heterocycles. The van der Waals surface area contributed by atoms with E-state index in [1.807, 2.05) is 20.8 Å². The fourth-order valence-electron chi connectivity index (χ4n) is 2.02. The minimum Gasteiger partial charge on any atom is -0.353 e. The predicted molar refractivity (Wildman–Crippen MR) is 73.4 cm³/mol. The number of ether oxygens (including phenoxy) is 2. The van der Waals surface area contributed by atoms with Gasteiger partial charge < -0.3 is 9.47 Å². The molecule has 102 valence electrons. The topological polar surface area (TPSA) is 31.4 Å². The van der Waals surface area contributed by atoms with Crippen LogP contribution in [0.2, 0.25) is 0 Å². The van der Waals surface area contributed by atoms with Gasteiger partial charge in [-0.2, -0.15) is 0 Å². The van der Waals surface area contributed by atoms with E-state index >= 15 is 0 Å². The highest BCUT2D eigenvalue weighted by Gasteiger charge is 2.14. The van der Waals surface area contributed by atoms with Crippen LogP contribution in [0, 0.1) is 13.8 Å². The van der Waals surface area contributed by atoms with Crippen molar-refractivity contribution in [1.82, 2.24) is 4.98 Å². The van der Waals surface area contributed by atoms with Gasteiger partial charge in [-0.1, -0.05) is 13.8 Å². The predicted octanol–water partition coefficient (Wildman–Crippen LogP) is 3.77. The molecule has 0 aliphatic carbocycles. The summed E-state index contributed by atoms with van der Waals surface area (Å²) in [6.07, 6.45) is 3.33. The lowest BCUT2D eigenvalue weighted by Crippen LogP contribution is -2.22. The Balaban J connectivity index is 0.000000771. The van der Waals surface area contributed by atoms with Crippen molar-refractivity contribution in [2.75, 3.05) is 6.61 Å². The Hall–Kier alpha value is -0.930. The average Bonchev–Trinajstić information content (AvgIpc) is 2.39. The maximum atomic E-state index is 5.69. The van der Waals surface area contributed by atoms with Crippen LogP contribution in [0.1, 0.15) is 50.1 Å². The Kier molecular flexibility index (Phi) is 6.91. The van der Waals surface area contributed by atoms with E-state index in [1.165, 1.54) is 12.0 Å². The van der Waals surface area contributed by atoms with Crippen molar-refractivity contribution >= 4 is 0 Å². The molecule has 1 saturated heterocycles. The normalized spacial score (nSPS) is 19.0. The molecule has 0 spiro atoms. The van der Waals surface area contributed by atoms with Crippen molar-refractivity contribution in [3.8, 4) is 0 Å². The van der Waals surface area contributed by atoms with Gasteiger partial charge in [0, 0.05) is 12.3 Å². The average molecular weight is 251 g/mol. The monoisotopic (exact) mass is 251 g/mol. The molecule has 0 amide bonds. The molecule has 1 unspecified atom stereocenters. The Bertz CT molecular complexity index is 326. The number of aromatic nitrogens is 1. The van der Waals surface area contributed by atoms with E-state index in [4.69, 9.17) is 9.47 Å². The molecular weight excluding hydrogens is 226 g/mol. The molecule has 0 N–H and O–H groups in total. The SMILES string of the molecule is CC.Cc1cc(C)nc(COC2CCCCO2)c1. The smallest absolute Gasteiger partial charge is 0.158 e. The molecule has 3 heteroatoms. The van der Waals surface area contributed by atoms with Gasteiger partial charge in [-0.3, -0.25) is 4.98 Å². The molecule has 1 aliphatic heterocycles. The zero-order chi connectivity index (χ0) is 13.4. The highest BCUT2D eigenvalue weighted by atomic mass is 16.7. The Morgan fingerprint density at radius 3 is 2.67 bits per heavy atom. The van der Waals surface area contributed by atoms with Crippen LogP contribution in [0.5, 0.6) is 0 Å². The Morgan fingerprint density at radius 2 is 2.06 bits per heavy atom. The van der Waals surface area contributed by atoms with E-state index in [0.717, 1.165) is 30.8 Å². The van der Waals surface area contributed by atoms with Crippen LogP contribution >= 0.6 is 0 Å². The van der Waals surface area contributed by atoms with Crippen molar-refractivity contribution in [2.45, 2.75) is 59.9 Å². The highest BCUT2D eigenvalue weighted by Crippen LogP contribution is 2.15. The molecule has 0 radical (unpaired) electrons. The fourth-order valence-corrected chi connectivity index (χ4v) is 2.02. The van der Waals surface area contributed by atoms with Crippen LogP contribution in [0.3, 0.4) is 0 Å². The highest BCUT2D eigenvalue weighted by molar-refractivity contribution is 5.18. The third kappa shape index (κ3) is 5.15. The van der Waals surface area contributed by atoms with Gasteiger partial charge >= 0.3 is 0 Å². The summed E-state index contributed by atoms with van der Waals surface area (Å²) < 4.78 is 11.2. The number of hydrogen-bond acceptors (Lipinski definition) is 3. The standard InChI is InChI=1S/C13H19NO2.C2H6/c1-10-7-11(2)14-12(8-10)9-16-13-5-3-4-6-15-13;1-2/h7-8,13H,3-6,9H2,1-2H3;1-2H3. The second-order valence-electron chi connectivity index (χ2n) is 4.38. The number of rotatable bonds is 3. The first kappa shape index (κ1) is 15.1. The Morgan fingerprint density at radius 1 is 1.28 bits per heavy atom. The van der Waals surface area contributed by atoms with Gasteiger partial charge in [-0.05, 0) is 50.8 Å². The van der Waals surface area contributed by atoms with Crippen molar-refractivity contribution in [3.05, 3.63) is 29.1 Å². The molecule has 3 nitrogen and oxygen atoms in total. The minimum absolute atomic E-state index is 0.0311. The lowest BCUT2D eigenvalue weighted by molar-refractivity contribution is -0.169. The van der Waals surface area contributed by atoms with E-state index in [0.29, 0.717) is 6.61 Å². The van der Waals surface area contributed by atoms with Gasteiger partial charge in [0.05, 0.1) is 12.3 Å². The van der Waals surface area contributed by atoms with Crippen molar-refractivity contribution in [1.29, 1.82) is 0 Å². The van der Waals surface area contributed by atoms with Crippen LogP contribution < -0.4 is 0 Å². The number of pyridine rings is 1. The van der Waals surface area contributed by atoms with Crippen molar-refractivity contribution in [2.24, 2.45) is 0 Å². The van der Waals surface area contributed by atoms with Gasteiger partial charge in [-0.25, -0.2) is 0 Å². The lowest BCUT2D eigenvalue weighted by atomic mass is 10.2. The molecule has 1 atom stereocenters. The van der Waals surface area contributed by atoms with Gasteiger partial charge in [0.15, 0.2) is 6.29 Å². The van der Waals surface area contributed by atoms with Crippen LogP contribution in [0.4, 0.5) is 0 Å². The molecule has 0 saturated carbocycles. The maximum absolute atomic E-state index is 5.69. The second kappa shape index (κ2) is 8.22. The molecule has 2 rings (SSSR count). The lowest BCUT2D eigenvalue weighted by Gasteiger charge is -2.22. The van der Waals surface area contributed by atoms with E-state index in [9.17, 15) is 0 Å². The molecule has 1 aromatic rings. The first-order valence-electron chi connectivity index (χ1n) is 6.91. The van der Waals surface area contributed by atoms with Crippen LogP contribution in [-0.2, 0) is 16.1 Å². The molecular formula is C15H25NO2. The summed E-state index contributed by atoms with van der Waals surface area (Å²) in [5.41, 5.74) is 3.27. The largest absolute Gasteiger partial charge is 0.353 e. The van der Waals surface area contributed by atoms with Gasteiger partial charge in [0.2, 0.25) is 0 Å².